The summed E-state index contributed by atoms with van der Waals surface area (Å²) in [7, 11) is 5.80. The molecule has 1 aliphatic rings. The van der Waals surface area contributed by atoms with Crippen LogP contribution in [-0.2, 0) is 9.59 Å². The van der Waals surface area contributed by atoms with Gasteiger partial charge in [0.05, 0.1) is 6.04 Å². The van der Waals surface area contributed by atoms with Crippen molar-refractivity contribution in [3.05, 3.63) is 0 Å². The Morgan fingerprint density at radius 3 is 2.26 bits per heavy atom. The molecule has 19 heavy (non-hydrogen) atoms. The lowest BCUT2D eigenvalue weighted by Crippen LogP contribution is -2.58. The number of rotatable bonds is 7. The number of amides is 1. The van der Waals surface area contributed by atoms with Gasteiger partial charge in [-0.3, -0.25) is 9.59 Å². The van der Waals surface area contributed by atoms with E-state index in [1.165, 1.54) is 6.42 Å². The molecule has 6 heteroatoms. The van der Waals surface area contributed by atoms with E-state index in [9.17, 15) is 9.59 Å². The molecule has 0 spiro atoms. The number of hydrogen-bond donors (Lipinski definition) is 2. The summed E-state index contributed by atoms with van der Waals surface area (Å²) < 4.78 is 0. The van der Waals surface area contributed by atoms with Gasteiger partial charge in [0.1, 0.15) is 0 Å². The lowest BCUT2D eigenvalue weighted by Gasteiger charge is -2.49. The molecule has 0 aliphatic heterocycles. The number of hydrogen-bond acceptors (Lipinski definition) is 4. The number of carbonyl (C=O) groups is 2. The number of carbonyl (C=O) groups excluding carboxylic acids is 1. The van der Waals surface area contributed by atoms with Crippen LogP contribution in [0.1, 0.15) is 32.1 Å². The van der Waals surface area contributed by atoms with E-state index in [1.54, 1.807) is 11.9 Å². The molecule has 0 saturated heterocycles. The Labute approximate surface area is 114 Å². The van der Waals surface area contributed by atoms with Gasteiger partial charge in [-0.15, -0.1) is 0 Å². The molecular formula is C13H25N3O3. The molecule has 0 aromatic heterocycles. The summed E-state index contributed by atoms with van der Waals surface area (Å²) in [5.41, 5.74) is 5.82. The molecule has 1 aliphatic carbocycles. The van der Waals surface area contributed by atoms with Crippen molar-refractivity contribution in [3.8, 4) is 0 Å². The summed E-state index contributed by atoms with van der Waals surface area (Å²) in [6.45, 7) is 0.652. The summed E-state index contributed by atoms with van der Waals surface area (Å²) in [5, 5.41) is 8.60. The first-order valence-corrected chi connectivity index (χ1v) is 6.68. The van der Waals surface area contributed by atoms with Crippen molar-refractivity contribution in [3.63, 3.8) is 0 Å². The molecule has 6 nitrogen and oxygen atoms in total. The third kappa shape index (κ3) is 3.91. The predicted molar refractivity (Wildman–Crippen MR) is 72.8 cm³/mol. The zero-order valence-electron chi connectivity index (χ0n) is 12.1. The van der Waals surface area contributed by atoms with Gasteiger partial charge in [0, 0.05) is 25.6 Å². The summed E-state index contributed by atoms with van der Waals surface area (Å²) in [4.78, 5) is 26.4. The molecule has 3 N–H and O–H groups in total. The third-order valence-corrected chi connectivity index (χ3v) is 4.13. The summed E-state index contributed by atoms with van der Waals surface area (Å²) in [5.74, 6) is -1.09. The Morgan fingerprint density at radius 1 is 1.32 bits per heavy atom. The van der Waals surface area contributed by atoms with Crippen LogP contribution in [0.2, 0.25) is 0 Å². The Morgan fingerprint density at radius 2 is 1.89 bits per heavy atom. The van der Waals surface area contributed by atoms with Crippen molar-refractivity contribution in [2.45, 2.75) is 43.7 Å². The smallest absolute Gasteiger partial charge is 0.303 e. The standard InChI is InChI=1S/C13H25N3O3/c1-15(2)13(7-4-8-13)9-16(3)12(19)10(14)5-6-11(17)18/h10H,4-9,14H2,1-3H3,(H,17,18). The fraction of sp³-hybridized carbons (Fsp3) is 0.846. The average molecular weight is 271 g/mol. The van der Waals surface area contributed by atoms with Crippen LogP contribution < -0.4 is 5.73 Å². The molecule has 0 bridgehead atoms. The van der Waals surface area contributed by atoms with Gasteiger partial charge in [0.2, 0.25) is 5.91 Å². The Balaban J connectivity index is 2.50. The van der Waals surface area contributed by atoms with Crippen molar-refractivity contribution >= 4 is 11.9 Å². The van der Waals surface area contributed by atoms with Gasteiger partial charge in [-0.05, 0) is 39.8 Å². The monoisotopic (exact) mass is 271 g/mol. The molecule has 0 aromatic carbocycles. The van der Waals surface area contributed by atoms with Crippen molar-refractivity contribution < 1.29 is 14.7 Å². The Kier molecular flexibility index (Phi) is 5.31. The van der Waals surface area contributed by atoms with Gasteiger partial charge in [0.15, 0.2) is 0 Å². The predicted octanol–water partition coefficient (Wildman–Crippen LogP) is 0.121. The molecule has 0 radical (unpaired) electrons. The molecule has 1 amide bonds. The summed E-state index contributed by atoms with van der Waals surface area (Å²) in [6.07, 6.45) is 3.47. The first-order chi connectivity index (χ1) is 8.78. The molecule has 110 valence electrons. The second-order valence-corrected chi connectivity index (χ2v) is 5.71. The minimum absolute atomic E-state index is 0.0664. The molecule has 0 heterocycles. The highest BCUT2D eigenvalue weighted by Gasteiger charge is 2.41. The number of carboxylic acids is 1. The Hall–Kier alpha value is -1.14. The van der Waals surface area contributed by atoms with Gasteiger partial charge in [-0.25, -0.2) is 0 Å². The summed E-state index contributed by atoms with van der Waals surface area (Å²) in [6, 6.07) is -0.722. The van der Waals surface area contributed by atoms with Crippen molar-refractivity contribution in [1.29, 1.82) is 0 Å². The van der Waals surface area contributed by atoms with Crippen LogP contribution in [0, 0.1) is 0 Å². The van der Waals surface area contributed by atoms with E-state index in [4.69, 9.17) is 10.8 Å². The van der Waals surface area contributed by atoms with Gasteiger partial charge in [-0.1, -0.05) is 0 Å². The number of aliphatic carboxylic acids is 1. The SMILES string of the molecule is CN(CC1(N(C)C)CCC1)C(=O)C(N)CCC(=O)O. The highest BCUT2D eigenvalue weighted by Crippen LogP contribution is 2.36. The van der Waals surface area contributed by atoms with E-state index in [2.05, 4.69) is 4.90 Å². The molecular weight excluding hydrogens is 246 g/mol. The minimum Gasteiger partial charge on any atom is -0.481 e. The first-order valence-electron chi connectivity index (χ1n) is 6.68. The highest BCUT2D eigenvalue weighted by molar-refractivity contribution is 5.82. The van der Waals surface area contributed by atoms with Crippen LogP contribution >= 0.6 is 0 Å². The molecule has 0 aromatic rings. The van der Waals surface area contributed by atoms with E-state index < -0.39 is 12.0 Å². The number of likely N-dealkylation sites (N-methyl/N-ethyl adjacent to an activating group) is 2. The van der Waals surface area contributed by atoms with Gasteiger partial charge < -0.3 is 20.6 Å². The normalized spacial score (nSPS) is 18.8. The maximum Gasteiger partial charge on any atom is 0.303 e. The maximum absolute atomic E-state index is 12.1. The molecule has 1 atom stereocenters. The molecule has 1 rings (SSSR count). The van der Waals surface area contributed by atoms with Crippen LogP contribution in [-0.4, -0.2) is 66.1 Å². The summed E-state index contributed by atoms with van der Waals surface area (Å²) >= 11 is 0. The van der Waals surface area contributed by atoms with Crippen LogP contribution in [0.4, 0.5) is 0 Å². The highest BCUT2D eigenvalue weighted by atomic mass is 16.4. The average Bonchev–Trinajstić information content (AvgIpc) is 2.28. The molecule has 1 saturated carbocycles. The van der Waals surface area contributed by atoms with Gasteiger partial charge in [-0.2, -0.15) is 0 Å². The van der Waals surface area contributed by atoms with E-state index in [0.29, 0.717) is 6.54 Å². The maximum atomic E-state index is 12.1. The lowest BCUT2D eigenvalue weighted by molar-refractivity contribution is -0.138. The van der Waals surface area contributed by atoms with Crippen LogP contribution in [0.3, 0.4) is 0 Å². The fourth-order valence-electron chi connectivity index (χ4n) is 2.54. The number of carboxylic acid groups (broad SMARTS) is 1. The lowest BCUT2D eigenvalue weighted by atomic mass is 9.75. The first kappa shape index (κ1) is 15.9. The zero-order chi connectivity index (χ0) is 14.6. The quantitative estimate of drug-likeness (QED) is 0.687. The van der Waals surface area contributed by atoms with Crippen LogP contribution in [0.5, 0.6) is 0 Å². The number of nitrogens with two attached hydrogens (primary N) is 1. The van der Waals surface area contributed by atoms with Crippen LogP contribution in [0.25, 0.3) is 0 Å². The molecule has 1 unspecified atom stereocenters. The van der Waals surface area contributed by atoms with Gasteiger partial charge >= 0.3 is 5.97 Å². The van der Waals surface area contributed by atoms with Crippen LogP contribution in [0.15, 0.2) is 0 Å². The second kappa shape index (κ2) is 6.34. The minimum atomic E-state index is -0.922. The van der Waals surface area contributed by atoms with E-state index in [1.807, 2.05) is 14.1 Å². The zero-order valence-corrected chi connectivity index (χ0v) is 12.1. The van der Waals surface area contributed by atoms with E-state index in [-0.39, 0.29) is 24.3 Å². The Bertz CT molecular complexity index is 340. The van der Waals surface area contributed by atoms with Crippen molar-refractivity contribution in [1.82, 2.24) is 9.80 Å². The third-order valence-electron chi connectivity index (χ3n) is 4.13. The van der Waals surface area contributed by atoms with Gasteiger partial charge in [0.25, 0.3) is 0 Å². The largest absolute Gasteiger partial charge is 0.481 e. The second-order valence-electron chi connectivity index (χ2n) is 5.71. The fourth-order valence-corrected chi connectivity index (χ4v) is 2.54. The van der Waals surface area contributed by atoms with E-state index >= 15 is 0 Å². The van der Waals surface area contributed by atoms with E-state index in [0.717, 1.165) is 12.8 Å². The number of nitrogens with zero attached hydrogens (tertiary/aromatic N) is 2. The topological polar surface area (TPSA) is 86.9 Å². The van der Waals surface area contributed by atoms with Crippen molar-refractivity contribution in [2.75, 3.05) is 27.7 Å². The molecule has 1 fully saturated rings. The van der Waals surface area contributed by atoms with Crippen molar-refractivity contribution in [2.24, 2.45) is 5.73 Å².